The van der Waals surface area contributed by atoms with Crippen LogP contribution < -0.4 is 0 Å². The Bertz CT molecular complexity index is 445. The van der Waals surface area contributed by atoms with E-state index in [0.717, 1.165) is 11.1 Å². The van der Waals surface area contributed by atoms with Crippen molar-refractivity contribution < 1.29 is 4.79 Å². The first-order chi connectivity index (χ1) is 6.27. The molecule has 0 atom stereocenters. The molecule has 2 heterocycles. The van der Waals surface area contributed by atoms with Crippen LogP contribution >= 0.6 is 0 Å². The Morgan fingerprint density at radius 3 is 3.15 bits per heavy atom. The molecule has 66 valence electrons. The lowest BCUT2D eigenvalue weighted by Gasteiger charge is -2.00. The number of Topliss-reactive ketones (excluding diaryl/α,β-unsaturated/α-hetero) is 1. The average Bonchev–Trinajstić information content (AvgIpc) is 2.51. The molecule has 0 amide bonds. The van der Waals surface area contributed by atoms with E-state index in [0.29, 0.717) is 6.42 Å². The van der Waals surface area contributed by atoms with Crippen molar-refractivity contribution in [1.82, 2.24) is 9.61 Å². The molecule has 0 fully saturated rings. The number of carbonyl (C=O) groups is 1. The molecule has 3 nitrogen and oxygen atoms in total. The largest absolute Gasteiger partial charge is 0.300 e. The Kier molecular flexibility index (Phi) is 1.85. The van der Waals surface area contributed by atoms with Gasteiger partial charge < -0.3 is 0 Å². The quantitative estimate of drug-likeness (QED) is 0.690. The molecule has 0 saturated carbocycles. The van der Waals surface area contributed by atoms with Gasteiger partial charge in [-0.1, -0.05) is 6.07 Å². The van der Waals surface area contributed by atoms with Gasteiger partial charge in [0.05, 0.1) is 5.52 Å². The molecule has 2 aromatic heterocycles. The normalized spacial score (nSPS) is 10.5. The van der Waals surface area contributed by atoms with Gasteiger partial charge in [-0.3, -0.25) is 4.79 Å². The molecule has 0 aliphatic heterocycles. The molecule has 2 rings (SSSR count). The van der Waals surface area contributed by atoms with Crippen LogP contribution in [0.4, 0.5) is 0 Å². The fraction of sp³-hybridized carbons (Fsp3) is 0.200. The number of aromatic nitrogens is 2. The molecule has 0 bridgehead atoms. The Morgan fingerprint density at radius 2 is 2.38 bits per heavy atom. The number of nitrogens with zero attached hydrogens (tertiary/aromatic N) is 2. The summed E-state index contributed by atoms with van der Waals surface area (Å²) in [4.78, 5) is 10.9. The zero-order valence-electron chi connectivity index (χ0n) is 7.40. The van der Waals surface area contributed by atoms with Crippen molar-refractivity contribution in [2.75, 3.05) is 0 Å². The third kappa shape index (κ3) is 1.45. The predicted molar refractivity (Wildman–Crippen MR) is 49.6 cm³/mol. The van der Waals surface area contributed by atoms with Gasteiger partial charge >= 0.3 is 0 Å². The number of hydrogen-bond donors (Lipinski definition) is 0. The lowest BCUT2D eigenvalue weighted by molar-refractivity contribution is -0.116. The van der Waals surface area contributed by atoms with Crippen LogP contribution in [0.5, 0.6) is 0 Å². The fourth-order valence-electron chi connectivity index (χ4n) is 1.43. The number of hydrogen-bond acceptors (Lipinski definition) is 2. The average molecular weight is 174 g/mol. The minimum atomic E-state index is 0.175. The van der Waals surface area contributed by atoms with E-state index >= 15 is 0 Å². The summed E-state index contributed by atoms with van der Waals surface area (Å²) in [5.74, 6) is 0.175. The van der Waals surface area contributed by atoms with Gasteiger partial charge in [-0.25, -0.2) is 4.52 Å². The summed E-state index contributed by atoms with van der Waals surface area (Å²) in [6, 6.07) is 5.77. The van der Waals surface area contributed by atoms with Crippen LogP contribution in [0.2, 0.25) is 0 Å². The molecule has 0 radical (unpaired) electrons. The van der Waals surface area contributed by atoms with E-state index in [4.69, 9.17) is 0 Å². The highest BCUT2D eigenvalue weighted by Gasteiger charge is 2.02. The van der Waals surface area contributed by atoms with Crippen molar-refractivity contribution in [3.63, 3.8) is 0 Å². The highest BCUT2D eigenvalue weighted by Crippen LogP contribution is 2.10. The van der Waals surface area contributed by atoms with Gasteiger partial charge in [-0.2, -0.15) is 5.10 Å². The van der Waals surface area contributed by atoms with Crippen LogP contribution in [0.1, 0.15) is 12.5 Å². The Hall–Kier alpha value is -1.64. The van der Waals surface area contributed by atoms with Crippen LogP contribution in [0.25, 0.3) is 5.52 Å². The second kappa shape index (κ2) is 3.01. The number of pyridine rings is 1. The van der Waals surface area contributed by atoms with E-state index in [1.165, 1.54) is 0 Å². The topological polar surface area (TPSA) is 34.4 Å². The van der Waals surface area contributed by atoms with E-state index in [1.807, 2.05) is 24.4 Å². The van der Waals surface area contributed by atoms with Crippen molar-refractivity contribution in [3.05, 3.63) is 36.2 Å². The first-order valence-electron chi connectivity index (χ1n) is 4.18. The third-order valence-corrected chi connectivity index (χ3v) is 1.96. The second-order valence-electron chi connectivity index (χ2n) is 3.07. The van der Waals surface area contributed by atoms with Gasteiger partial charge in [0, 0.05) is 18.8 Å². The van der Waals surface area contributed by atoms with Gasteiger partial charge in [0.15, 0.2) is 0 Å². The fourth-order valence-corrected chi connectivity index (χ4v) is 1.43. The van der Waals surface area contributed by atoms with Gasteiger partial charge in [0.1, 0.15) is 5.78 Å². The first kappa shape index (κ1) is 7.98. The second-order valence-corrected chi connectivity index (χ2v) is 3.07. The summed E-state index contributed by atoms with van der Waals surface area (Å²) in [5, 5.41) is 4.09. The standard InChI is InChI=1S/C10H10N2O/c1-8(13)7-9-3-2-6-12-10(9)4-5-11-12/h2-6H,7H2,1H3. The van der Waals surface area contributed by atoms with Crippen LogP contribution in [-0.2, 0) is 11.2 Å². The molecule has 0 N–H and O–H groups in total. The molecule has 3 heteroatoms. The number of fused-ring (bicyclic) bond motifs is 1. The lowest BCUT2D eigenvalue weighted by Crippen LogP contribution is -1.99. The molecular weight excluding hydrogens is 164 g/mol. The maximum Gasteiger partial charge on any atom is 0.134 e. The molecule has 0 spiro atoms. The number of carbonyl (C=O) groups excluding carboxylic acids is 1. The minimum absolute atomic E-state index is 0.175. The summed E-state index contributed by atoms with van der Waals surface area (Å²) in [5.41, 5.74) is 2.05. The van der Waals surface area contributed by atoms with E-state index in [9.17, 15) is 4.79 Å². The molecular formula is C10H10N2O. The van der Waals surface area contributed by atoms with E-state index < -0.39 is 0 Å². The van der Waals surface area contributed by atoms with Crippen molar-refractivity contribution >= 4 is 11.3 Å². The van der Waals surface area contributed by atoms with Gasteiger partial charge in [0.25, 0.3) is 0 Å². The predicted octanol–water partition coefficient (Wildman–Crippen LogP) is 1.47. The molecule has 0 aliphatic rings. The van der Waals surface area contributed by atoms with Crippen molar-refractivity contribution in [2.45, 2.75) is 13.3 Å². The Labute approximate surface area is 76.0 Å². The maximum absolute atomic E-state index is 10.9. The maximum atomic E-state index is 10.9. The highest BCUT2D eigenvalue weighted by molar-refractivity contribution is 5.80. The summed E-state index contributed by atoms with van der Waals surface area (Å²) in [6.45, 7) is 1.60. The van der Waals surface area contributed by atoms with Gasteiger partial charge in [-0.15, -0.1) is 0 Å². The molecule has 0 unspecified atom stereocenters. The first-order valence-corrected chi connectivity index (χ1v) is 4.18. The number of ketones is 1. The van der Waals surface area contributed by atoms with Crippen LogP contribution in [0.3, 0.4) is 0 Å². The van der Waals surface area contributed by atoms with Crippen molar-refractivity contribution in [2.24, 2.45) is 0 Å². The zero-order valence-corrected chi connectivity index (χ0v) is 7.40. The summed E-state index contributed by atoms with van der Waals surface area (Å²) >= 11 is 0. The SMILES string of the molecule is CC(=O)Cc1cccn2nccc12. The summed E-state index contributed by atoms with van der Waals surface area (Å²) < 4.78 is 1.78. The van der Waals surface area contributed by atoms with Crippen LogP contribution in [0, 0.1) is 0 Å². The summed E-state index contributed by atoms with van der Waals surface area (Å²) in [7, 11) is 0. The monoisotopic (exact) mass is 174 g/mol. The Morgan fingerprint density at radius 1 is 1.54 bits per heavy atom. The highest BCUT2D eigenvalue weighted by atomic mass is 16.1. The third-order valence-electron chi connectivity index (χ3n) is 1.96. The van der Waals surface area contributed by atoms with Gasteiger partial charge in [-0.05, 0) is 24.6 Å². The zero-order chi connectivity index (χ0) is 9.26. The van der Waals surface area contributed by atoms with E-state index in [1.54, 1.807) is 17.6 Å². The van der Waals surface area contributed by atoms with Gasteiger partial charge in [0.2, 0.25) is 0 Å². The molecule has 0 aliphatic carbocycles. The van der Waals surface area contributed by atoms with Crippen molar-refractivity contribution in [1.29, 1.82) is 0 Å². The summed E-state index contributed by atoms with van der Waals surface area (Å²) in [6.07, 6.45) is 4.09. The Balaban J connectivity index is 2.54. The molecule has 13 heavy (non-hydrogen) atoms. The lowest BCUT2D eigenvalue weighted by atomic mass is 10.1. The van der Waals surface area contributed by atoms with E-state index in [2.05, 4.69) is 5.10 Å². The van der Waals surface area contributed by atoms with Crippen LogP contribution in [0.15, 0.2) is 30.6 Å². The molecule has 0 aromatic carbocycles. The van der Waals surface area contributed by atoms with E-state index in [-0.39, 0.29) is 5.78 Å². The molecule has 0 saturated heterocycles. The van der Waals surface area contributed by atoms with Crippen molar-refractivity contribution in [3.8, 4) is 0 Å². The van der Waals surface area contributed by atoms with Crippen LogP contribution in [-0.4, -0.2) is 15.4 Å². The minimum Gasteiger partial charge on any atom is -0.300 e. The number of rotatable bonds is 2. The molecule has 2 aromatic rings. The smallest absolute Gasteiger partial charge is 0.134 e.